The average Bonchev–Trinajstić information content (AvgIpc) is 2.36. The largest absolute Gasteiger partial charge is 0.349 e. The Kier molecular flexibility index (Phi) is 3.39. The van der Waals surface area contributed by atoms with Crippen LogP contribution >= 0.6 is 0 Å². The lowest BCUT2D eigenvalue weighted by molar-refractivity contribution is -0.148. The average molecular weight is 278 g/mol. The van der Waals surface area contributed by atoms with E-state index in [4.69, 9.17) is 5.73 Å². The van der Waals surface area contributed by atoms with Crippen LogP contribution in [0.2, 0.25) is 0 Å². The summed E-state index contributed by atoms with van der Waals surface area (Å²) in [7, 11) is 0. The minimum Gasteiger partial charge on any atom is -0.349 e. The lowest BCUT2D eigenvalue weighted by Crippen LogP contribution is -2.61. The standard InChI is InChI=1S/C17H30N2O/c1-11(2)16(3,10-18)19-15(20)17-7-12-4-13(8-17)6-14(5-12)9-17/h11-14H,4-10,18H2,1-3H3,(H,19,20). The molecular weight excluding hydrogens is 248 g/mol. The summed E-state index contributed by atoms with van der Waals surface area (Å²) in [4.78, 5) is 13.0. The predicted octanol–water partition coefficient (Wildman–Crippen LogP) is 2.69. The molecule has 1 unspecified atom stereocenters. The maximum absolute atomic E-state index is 13.0. The van der Waals surface area contributed by atoms with Crippen LogP contribution in [-0.4, -0.2) is 18.0 Å². The molecule has 0 spiro atoms. The highest BCUT2D eigenvalue weighted by atomic mass is 16.2. The van der Waals surface area contributed by atoms with Crippen LogP contribution < -0.4 is 11.1 Å². The third-order valence-electron chi connectivity index (χ3n) is 6.62. The van der Waals surface area contributed by atoms with Crippen LogP contribution in [-0.2, 0) is 4.79 Å². The van der Waals surface area contributed by atoms with Crippen LogP contribution in [0.5, 0.6) is 0 Å². The van der Waals surface area contributed by atoms with Crippen molar-refractivity contribution in [3.05, 3.63) is 0 Å². The monoisotopic (exact) mass is 278 g/mol. The van der Waals surface area contributed by atoms with Gasteiger partial charge in [0.15, 0.2) is 0 Å². The summed E-state index contributed by atoms with van der Waals surface area (Å²) in [6.07, 6.45) is 7.53. The second-order valence-electron chi connectivity index (χ2n) is 8.43. The zero-order chi connectivity index (χ0) is 14.5. The molecule has 20 heavy (non-hydrogen) atoms. The van der Waals surface area contributed by atoms with E-state index in [0.717, 1.165) is 37.0 Å². The van der Waals surface area contributed by atoms with E-state index >= 15 is 0 Å². The van der Waals surface area contributed by atoms with E-state index in [1.165, 1.54) is 19.3 Å². The number of nitrogens with two attached hydrogens (primary N) is 1. The Balaban J connectivity index is 1.77. The summed E-state index contributed by atoms with van der Waals surface area (Å²) < 4.78 is 0. The molecule has 0 radical (unpaired) electrons. The maximum atomic E-state index is 13.0. The molecule has 4 saturated carbocycles. The van der Waals surface area contributed by atoms with E-state index < -0.39 is 0 Å². The van der Waals surface area contributed by atoms with Gasteiger partial charge in [0.1, 0.15) is 0 Å². The normalized spacial score (nSPS) is 41.8. The smallest absolute Gasteiger partial charge is 0.226 e. The van der Waals surface area contributed by atoms with Crippen molar-refractivity contribution < 1.29 is 4.79 Å². The number of hydrogen-bond donors (Lipinski definition) is 2. The van der Waals surface area contributed by atoms with Gasteiger partial charge >= 0.3 is 0 Å². The van der Waals surface area contributed by atoms with Crippen LogP contribution in [0.25, 0.3) is 0 Å². The van der Waals surface area contributed by atoms with Gasteiger partial charge in [-0.1, -0.05) is 13.8 Å². The molecular formula is C17H30N2O. The first-order chi connectivity index (χ1) is 9.37. The molecule has 0 heterocycles. The third-order valence-corrected chi connectivity index (χ3v) is 6.62. The fourth-order valence-corrected chi connectivity index (χ4v) is 5.21. The highest BCUT2D eigenvalue weighted by molar-refractivity contribution is 5.84. The van der Waals surface area contributed by atoms with Crippen LogP contribution in [0.3, 0.4) is 0 Å². The zero-order valence-corrected chi connectivity index (χ0v) is 13.2. The minimum atomic E-state index is -0.263. The molecule has 0 saturated heterocycles. The molecule has 0 aliphatic heterocycles. The minimum absolute atomic E-state index is 0.0555. The van der Waals surface area contributed by atoms with Crippen LogP contribution in [0.1, 0.15) is 59.3 Å². The molecule has 4 bridgehead atoms. The molecule has 1 atom stereocenters. The van der Waals surface area contributed by atoms with Crippen molar-refractivity contribution in [2.75, 3.05) is 6.54 Å². The molecule has 0 aromatic carbocycles. The number of carbonyl (C=O) groups excluding carboxylic acids is 1. The van der Waals surface area contributed by atoms with Gasteiger partial charge in [-0.3, -0.25) is 4.79 Å². The van der Waals surface area contributed by atoms with Crippen molar-refractivity contribution >= 4 is 5.91 Å². The second-order valence-corrected chi connectivity index (χ2v) is 8.43. The zero-order valence-electron chi connectivity index (χ0n) is 13.2. The Morgan fingerprint density at radius 3 is 2.00 bits per heavy atom. The van der Waals surface area contributed by atoms with E-state index in [9.17, 15) is 4.79 Å². The first-order valence-electron chi connectivity index (χ1n) is 8.39. The molecule has 0 aromatic rings. The quantitative estimate of drug-likeness (QED) is 0.830. The lowest BCUT2D eigenvalue weighted by Gasteiger charge is -2.56. The van der Waals surface area contributed by atoms with E-state index in [2.05, 4.69) is 26.1 Å². The van der Waals surface area contributed by atoms with Gasteiger partial charge in [-0.25, -0.2) is 0 Å². The van der Waals surface area contributed by atoms with Gasteiger partial charge in [-0.05, 0) is 69.1 Å². The van der Waals surface area contributed by atoms with E-state index in [0.29, 0.717) is 18.4 Å². The number of rotatable bonds is 4. The third kappa shape index (κ3) is 2.18. The topological polar surface area (TPSA) is 55.1 Å². The van der Waals surface area contributed by atoms with Gasteiger partial charge in [-0.15, -0.1) is 0 Å². The van der Waals surface area contributed by atoms with Crippen LogP contribution in [0, 0.1) is 29.1 Å². The van der Waals surface area contributed by atoms with Crippen LogP contribution in [0.15, 0.2) is 0 Å². The number of nitrogens with one attached hydrogen (secondary N) is 1. The summed E-state index contributed by atoms with van der Waals surface area (Å²) in [5.74, 6) is 3.11. The van der Waals surface area contributed by atoms with Crippen molar-refractivity contribution in [3.63, 3.8) is 0 Å². The first-order valence-corrected chi connectivity index (χ1v) is 8.39. The number of amides is 1. The summed E-state index contributed by atoms with van der Waals surface area (Å²) in [5, 5.41) is 3.34. The van der Waals surface area contributed by atoms with Gasteiger partial charge in [-0.2, -0.15) is 0 Å². The van der Waals surface area contributed by atoms with Crippen molar-refractivity contribution in [1.82, 2.24) is 5.32 Å². The number of hydrogen-bond acceptors (Lipinski definition) is 2. The van der Waals surface area contributed by atoms with E-state index in [-0.39, 0.29) is 11.0 Å². The van der Waals surface area contributed by atoms with E-state index in [1.807, 2.05) is 0 Å². The van der Waals surface area contributed by atoms with Gasteiger partial charge in [0.2, 0.25) is 5.91 Å². The van der Waals surface area contributed by atoms with Crippen molar-refractivity contribution in [2.45, 2.75) is 64.8 Å². The molecule has 4 aliphatic carbocycles. The Hall–Kier alpha value is -0.570. The molecule has 0 aromatic heterocycles. The van der Waals surface area contributed by atoms with Crippen molar-refractivity contribution in [2.24, 2.45) is 34.8 Å². The highest BCUT2D eigenvalue weighted by Gasteiger charge is 2.55. The maximum Gasteiger partial charge on any atom is 0.226 e. The molecule has 4 rings (SSSR count). The molecule has 4 fully saturated rings. The second kappa shape index (κ2) is 4.72. The Morgan fingerprint density at radius 2 is 1.65 bits per heavy atom. The summed E-state index contributed by atoms with van der Waals surface area (Å²) in [6.45, 7) is 6.90. The fraction of sp³-hybridized carbons (Fsp3) is 0.941. The van der Waals surface area contributed by atoms with Gasteiger partial charge in [0.05, 0.1) is 5.54 Å². The SMILES string of the molecule is CC(C)C(C)(CN)NC(=O)C12CC3CC(CC(C3)C1)C2. The van der Waals surface area contributed by atoms with Crippen molar-refractivity contribution in [3.8, 4) is 0 Å². The highest BCUT2D eigenvalue weighted by Crippen LogP contribution is 2.60. The van der Waals surface area contributed by atoms with Gasteiger partial charge in [0, 0.05) is 12.0 Å². The summed E-state index contributed by atoms with van der Waals surface area (Å²) in [5.41, 5.74) is 5.61. The Bertz CT molecular complexity index is 369. The first kappa shape index (κ1) is 14.4. The fourth-order valence-electron chi connectivity index (χ4n) is 5.21. The molecule has 3 N–H and O–H groups in total. The molecule has 3 nitrogen and oxygen atoms in total. The van der Waals surface area contributed by atoms with Crippen LogP contribution in [0.4, 0.5) is 0 Å². The Morgan fingerprint density at radius 1 is 1.20 bits per heavy atom. The summed E-state index contributed by atoms with van der Waals surface area (Å²) >= 11 is 0. The summed E-state index contributed by atoms with van der Waals surface area (Å²) in [6, 6.07) is 0. The molecule has 1 amide bonds. The number of carbonyl (C=O) groups is 1. The predicted molar refractivity (Wildman–Crippen MR) is 81.0 cm³/mol. The molecule has 3 heteroatoms. The molecule has 4 aliphatic rings. The van der Waals surface area contributed by atoms with E-state index in [1.54, 1.807) is 0 Å². The van der Waals surface area contributed by atoms with Gasteiger partial charge < -0.3 is 11.1 Å². The Labute approximate surface area is 123 Å². The lowest BCUT2D eigenvalue weighted by atomic mass is 9.49. The van der Waals surface area contributed by atoms with Gasteiger partial charge in [0.25, 0.3) is 0 Å². The van der Waals surface area contributed by atoms with Crippen molar-refractivity contribution in [1.29, 1.82) is 0 Å². The molecule has 114 valence electrons.